The SMILES string of the molecule is COC(=O)C1CCN(Cc2ncccn2)CC1. The topological polar surface area (TPSA) is 55.3 Å². The van der Waals surface area contributed by atoms with E-state index < -0.39 is 0 Å². The molecule has 0 unspecified atom stereocenters. The Morgan fingerprint density at radius 2 is 2.06 bits per heavy atom. The van der Waals surface area contributed by atoms with Crippen LogP contribution in [0.3, 0.4) is 0 Å². The van der Waals surface area contributed by atoms with Crippen molar-refractivity contribution in [1.82, 2.24) is 14.9 Å². The number of methoxy groups -OCH3 is 1. The number of aromatic nitrogens is 2. The molecule has 0 radical (unpaired) electrons. The molecule has 0 saturated carbocycles. The van der Waals surface area contributed by atoms with E-state index in [-0.39, 0.29) is 11.9 Å². The molecule has 0 amide bonds. The average Bonchev–Trinajstić information content (AvgIpc) is 2.40. The molecule has 0 atom stereocenters. The number of carbonyl (C=O) groups excluding carboxylic acids is 1. The van der Waals surface area contributed by atoms with Crippen LogP contribution >= 0.6 is 0 Å². The molecule has 2 rings (SSSR count). The lowest BCUT2D eigenvalue weighted by Crippen LogP contribution is -2.36. The van der Waals surface area contributed by atoms with E-state index in [1.54, 1.807) is 12.4 Å². The first kappa shape index (κ1) is 12.0. The fourth-order valence-corrected chi connectivity index (χ4v) is 2.11. The second kappa shape index (κ2) is 5.72. The van der Waals surface area contributed by atoms with E-state index in [0.29, 0.717) is 0 Å². The highest BCUT2D eigenvalue weighted by Gasteiger charge is 2.25. The number of esters is 1. The fraction of sp³-hybridized carbons (Fsp3) is 0.583. The number of hydrogen-bond donors (Lipinski definition) is 0. The Bertz CT molecular complexity index is 361. The van der Waals surface area contributed by atoms with Gasteiger partial charge in [-0.1, -0.05) is 0 Å². The summed E-state index contributed by atoms with van der Waals surface area (Å²) in [6, 6.07) is 1.81. The molecule has 5 heteroatoms. The zero-order valence-electron chi connectivity index (χ0n) is 10.0. The van der Waals surface area contributed by atoms with Gasteiger partial charge in [0.1, 0.15) is 5.82 Å². The number of ether oxygens (including phenoxy) is 1. The van der Waals surface area contributed by atoms with Crippen LogP contribution in [0.15, 0.2) is 18.5 Å². The van der Waals surface area contributed by atoms with Gasteiger partial charge in [0.15, 0.2) is 0 Å². The lowest BCUT2D eigenvalue weighted by molar-refractivity contribution is -0.147. The van der Waals surface area contributed by atoms with E-state index in [4.69, 9.17) is 4.74 Å². The van der Waals surface area contributed by atoms with Crippen molar-refractivity contribution in [3.05, 3.63) is 24.3 Å². The summed E-state index contributed by atoms with van der Waals surface area (Å²) >= 11 is 0. The molecule has 1 aromatic heterocycles. The minimum absolute atomic E-state index is 0.0629. The van der Waals surface area contributed by atoms with Crippen molar-refractivity contribution in [2.24, 2.45) is 5.92 Å². The molecule has 92 valence electrons. The molecule has 1 saturated heterocycles. The van der Waals surface area contributed by atoms with Gasteiger partial charge in [-0.15, -0.1) is 0 Å². The number of carbonyl (C=O) groups is 1. The molecule has 0 aliphatic carbocycles. The number of hydrogen-bond acceptors (Lipinski definition) is 5. The summed E-state index contributed by atoms with van der Waals surface area (Å²) in [4.78, 5) is 22.0. The van der Waals surface area contributed by atoms with Crippen molar-refractivity contribution in [2.75, 3.05) is 20.2 Å². The zero-order chi connectivity index (χ0) is 12.1. The average molecular weight is 235 g/mol. The van der Waals surface area contributed by atoms with Crippen molar-refractivity contribution in [3.8, 4) is 0 Å². The third kappa shape index (κ3) is 3.23. The van der Waals surface area contributed by atoms with Gasteiger partial charge in [0, 0.05) is 12.4 Å². The second-order valence-corrected chi connectivity index (χ2v) is 4.24. The molecule has 1 aliphatic rings. The quantitative estimate of drug-likeness (QED) is 0.727. The Morgan fingerprint density at radius 1 is 1.41 bits per heavy atom. The summed E-state index contributed by atoms with van der Waals surface area (Å²) in [5.41, 5.74) is 0. The first-order valence-corrected chi connectivity index (χ1v) is 5.85. The van der Waals surface area contributed by atoms with Crippen LogP contribution in [0.5, 0.6) is 0 Å². The molecular formula is C12H17N3O2. The number of likely N-dealkylation sites (tertiary alicyclic amines) is 1. The maximum absolute atomic E-state index is 11.4. The number of piperidine rings is 1. The highest BCUT2D eigenvalue weighted by molar-refractivity contribution is 5.72. The Labute approximate surface area is 101 Å². The monoisotopic (exact) mass is 235 g/mol. The summed E-state index contributed by atoms with van der Waals surface area (Å²) in [5, 5.41) is 0. The zero-order valence-corrected chi connectivity index (χ0v) is 10.0. The Morgan fingerprint density at radius 3 is 2.65 bits per heavy atom. The van der Waals surface area contributed by atoms with Gasteiger partial charge >= 0.3 is 5.97 Å². The first-order chi connectivity index (χ1) is 8.29. The van der Waals surface area contributed by atoms with E-state index in [0.717, 1.165) is 38.3 Å². The summed E-state index contributed by atoms with van der Waals surface area (Å²) in [6.45, 7) is 2.56. The standard InChI is InChI=1S/C12H17N3O2/c1-17-12(16)10-3-7-15(8-4-10)9-11-13-5-2-6-14-11/h2,5-6,10H,3-4,7-9H2,1H3. The van der Waals surface area contributed by atoms with Crippen molar-refractivity contribution in [3.63, 3.8) is 0 Å². The van der Waals surface area contributed by atoms with Gasteiger partial charge < -0.3 is 4.74 Å². The highest BCUT2D eigenvalue weighted by atomic mass is 16.5. The predicted octanol–water partition coefficient (Wildman–Crippen LogP) is 0.862. The van der Waals surface area contributed by atoms with Crippen molar-refractivity contribution in [2.45, 2.75) is 19.4 Å². The number of rotatable bonds is 3. The van der Waals surface area contributed by atoms with Gasteiger partial charge in [-0.3, -0.25) is 9.69 Å². The minimum Gasteiger partial charge on any atom is -0.469 e. The fourth-order valence-electron chi connectivity index (χ4n) is 2.11. The molecular weight excluding hydrogens is 218 g/mol. The summed E-state index contributed by atoms with van der Waals surface area (Å²) < 4.78 is 4.76. The van der Waals surface area contributed by atoms with Crippen LogP contribution in [0, 0.1) is 5.92 Å². The van der Waals surface area contributed by atoms with Gasteiger partial charge in [-0.05, 0) is 32.0 Å². The van der Waals surface area contributed by atoms with E-state index in [9.17, 15) is 4.79 Å². The van der Waals surface area contributed by atoms with Gasteiger partial charge in [-0.25, -0.2) is 9.97 Å². The van der Waals surface area contributed by atoms with E-state index in [1.165, 1.54) is 7.11 Å². The molecule has 0 N–H and O–H groups in total. The second-order valence-electron chi connectivity index (χ2n) is 4.24. The third-order valence-electron chi connectivity index (χ3n) is 3.11. The Balaban J connectivity index is 1.82. The summed E-state index contributed by atoms with van der Waals surface area (Å²) in [6.07, 6.45) is 5.23. The van der Waals surface area contributed by atoms with Gasteiger partial charge in [-0.2, -0.15) is 0 Å². The number of nitrogens with zero attached hydrogens (tertiary/aromatic N) is 3. The van der Waals surface area contributed by atoms with Crippen LogP contribution in [0.1, 0.15) is 18.7 Å². The van der Waals surface area contributed by atoms with Gasteiger partial charge in [0.2, 0.25) is 0 Å². The van der Waals surface area contributed by atoms with Crippen LogP contribution < -0.4 is 0 Å². The molecule has 0 bridgehead atoms. The van der Waals surface area contributed by atoms with Crippen LogP contribution in [0.2, 0.25) is 0 Å². The van der Waals surface area contributed by atoms with Crippen LogP contribution in [-0.2, 0) is 16.1 Å². The van der Waals surface area contributed by atoms with Gasteiger partial charge in [0.05, 0.1) is 19.6 Å². The maximum Gasteiger partial charge on any atom is 0.308 e. The van der Waals surface area contributed by atoms with Crippen molar-refractivity contribution in [1.29, 1.82) is 0 Å². The van der Waals surface area contributed by atoms with E-state index in [2.05, 4.69) is 14.9 Å². The van der Waals surface area contributed by atoms with Gasteiger partial charge in [0.25, 0.3) is 0 Å². The minimum atomic E-state index is -0.0828. The Kier molecular flexibility index (Phi) is 4.03. The molecule has 0 aromatic carbocycles. The van der Waals surface area contributed by atoms with Crippen molar-refractivity contribution >= 4 is 5.97 Å². The molecule has 1 aromatic rings. The Hall–Kier alpha value is -1.49. The molecule has 1 aliphatic heterocycles. The molecule has 2 heterocycles. The summed E-state index contributed by atoms with van der Waals surface area (Å²) in [7, 11) is 1.45. The largest absolute Gasteiger partial charge is 0.469 e. The van der Waals surface area contributed by atoms with Crippen LogP contribution in [-0.4, -0.2) is 41.0 Å². The van der Waals surface area contributed by atoms with Crippen LogP contribution in [0.4, 0.5) is 0 Å². The smallest absolute Gasteiger partial charge is 0.308 e. The van der Waals surface area contributed by atoms with E-state index in [1.807, 2.05) is 6.07 Å². The van der Waals surface area contributed by atoms with E-state index >= 15 is 0 Å². The molecule has 5 nitrogen and oxygen atoms in total. The van der Waals surface area contributed by atoms with Crippen molar-refractivity contribution < 1.29 is 9.53 Å². The van der Waals surface area contributed by atoms with Crippen LogP contribution in [0.25, 0.3) is 0 Å². The molecule has 1 fully saturated rings. The third-order valence-corrected chi connectivity index (χ3v) is 3.11. The lowest BCUT2D eigenvalue weighted by Gasteiger charge is -2.29. The highest BCUT2D eigenvalue weighted by Crippen LogP contribution is 2.19. The maximum atomic E-state index is 11.4. The lowest BCUT2D eigenvalue weighted by atomic mass is 9.97. The summed E-state index contributed by atoms with van der Waals surface area (Å²) in [5.74, 6) is 0.817. The molecule has 0 spiro atoms. The normalized spacial score (nSPS) is 17.9. The molecule has 17 heavy (non-hydrogen) atoms. The first-order valence-electron chi connectivity index (χ1n) is 5.85. The predicted molar refractivity (Wildman–Crippen MR) is 62.0 cm³/mol.